The van der Waals surface area contributed by atoms with Crippen molar-refractivity contribution in [2.45, 2.75) is 0 Å². The minimum atomic E-state index is 0.652. The van der Waals surface area contributed by atoms with E-state index in [0.717, 1.165) is 60.7 Å². The van der Waals surface area contributed by atoms with Crippen LogP contribution in [0.5, 0.6) is 0 Å². The molecule has 0 saturated heterocycles. The van der Waals surface area contributed by atoms with E-state index in [1.807, 2.05) is 78.1 Å². The van der Waals surface area contributed by atoms with Crippen molar-refractivity contribution in [2.24, 2.45) is 0 Å². The number of benzene rings is 7. The van der Waals surface area contributed by atoms with Crippen molar-refractivity contribution in [2.75, 3.05) is 0 Å². The van der Waals surface area contributed by atoms with E-state index >= 15 is 0 Å². The monoisotopic (exact) mass is 657 g/mol. The van der Waals surface area contributed by atoms with Crippen LogP contribution in [0.1, 0.15) is 0 Å². The molecule has 3 heterocycles. The van der Waals surface area contributed by atoms with Crippen LogP contribution in [-0.2, 0) is 0 Å². The van der Waals surface area contributed by atoms with Gasteiger partial charge < -0.3 is 4.42 Å². The summed E-state index contributed by atoms with van der Waals surface area (Å²) in [6, 6.07) is 56.7. The third kappa shape index (κ3) is 4.71. The Morgan fingerprint density at radius 1 is 0.380 bits per heavy atom. The summed E-state index contributed by atoms with van der Waals surface area (Å²) < 4.78 is 8.90. The van der Waals surface area contributed by atoms with Crippen LogP contribution in [-0.4, -0.2) is 15.0 Å². The maximum Gasteiger partial charge on any atom is 0.164 e. The summed E-state index contributed by atoms with van der Waals surface area (Å²) in [4.78, 5) is 15.1. The first-order valence-corrected chi connectivity index (χ1v) is 17.4. The van der Waals surface area contributed by atoms with Gasteiger partial charge in [0.1, 0.15) is 11.2 Å². The van der Waals surface area contributed by atoms with Crippen molar-refractivity contribution in [1.82, 2.24) is 15.0 Å². The minimum absolute atomic E-state index is 0.652. The van der Waals surface area contributed by atoms with Crippen molar-refractivity contribution in [3.05, 3.63) is 164 Å². The molecule has 3 aromatic heterocycles. The predicted octanol–water partition coefficient (Wildman–Crippen LogP) is 12.5. The Balaban J connectivity index is 1.24. The van der Waals surface area contributed by atoms with Gasteiger partial charge in [0, 0.05) is 53.2 Å². The smallest absolute Gasteiger partial charge is 0.164 e. The van der Waals surface area contributed by atoms with Crippen molar-refractivity contribution in [3.63, 3.8) is 0 Å². The highest BCUT2D eigenvalue weighted by molar-refractivity contribution is 7.26. The first-order chi connectivity index (χ1) is 24.8. The second-order valence-corrected chi connectivity index (χ2v) is 13.4. The minimum Gasteiger partial charge on any atom is -0.456 e. The molecule has 0 aliphatic carbocycles. The van der Waals surface area contributed by atoms with E-state index in [1.54, 1.807) is 0 Å². The van der Waals surface area contributed by atoms with Gasteiger partial charge >= 0.3 is 0 Å². The first kappa shape index (κ1) is 28.6. The molecular weight excluding hydrogens is 631 g/mol. The zero-order valence-corrected chi connectivity index (χ0v) is 27.6. The Kier molecular flexibility index (Phi) is 6.64. The highest BCUT2D eigenvalue weighted by atomic mass is 32.1. The fourth-order valence-corrected chi connectivity index (χ4v) is 8.30. The number of hydrogen-bond acceptors (Lipinski definition) is 5. The molecule has 234 valence electrons. The molecule has 5 heteroatoms. The molecule has 0 amide bonds. The summed E-state index contributed by atoms with van der Waals surface area (Å²) in [5.41, 5.74) is 9.27. The summed E-state index contributed by atoms with van der Waals surface area (Å²) in [5, 5.41) is 4.56. The number of para-hydroxylation sites is 1. The van der Waals surface area contributed by atoms with Crippen LogP contribution >= 0.6 is 11.3 Å². The van der Waals surface area contributed by atoms with Crippen LogP contribution in [0.25, 0.3) is 98.5 Å². The van der Waals surface area contributed by atoms with Crippen LogP contribution in [0.3, 0.4) is 0 Å². The number of aromatic nitrogens is 3. The normalized spacial score (nSPS) is 11.6. The van der Waals surface area contributed by atoms with Crippen LogP contribution in [0.4, 0.5) is 0 Å². The first-order valence-electron chi connectivity index (χ1n) is 16.6. The molecule has 0 fully saturated rings. The van der Waals surface area contributed by atoms with Gasteiger partial charge in [-0.1, -0.05) is 140 Å². The van der Waals surface area contributed by atoms with E-state index < -0.39 is 0 Å². The highest BCUT2D eigenvalue weighted by Crippen LogP contribution is 2.47. The molecule has 10 aromatic rings. The predicted molar refractivity (Wildman–Crippen MR) is 207 cm³/mol. The molecule has 0 aliphatic heterocycles. The van der Waals surface area contributed by atoms with E-state index in [-0.39, 0.29) is 0 Å². The number of nitrogens with zero attached hydrogens (tertiary/aromatic N) is 3. The van der Waals surface area contributed by atoms with Gasteiger partial charge in [-0.15, -0.1) is 11.3 Å². The van der Waals surface area contributed by atoms with E-state index in [4.69, 9.17) is 19.4 Å². The van der Waals surface area contributed by atoms with Crippen LogP contribution < -0.4 is 0 Å². The number of thiophene rings is 1. The van der Waals surface area contributed by atoms with Crippen molar-refractivity contribution < 1.29 is 4.42 Å². The lowest BCUT2D eigenvalue weighted by Gasteiger charge is -2.11. The van der Waals surface area contributed by atoms with Gasteiger partial charge in [-0.25, -0.2) is 15.0 Å². The Bertz CT molecular complexity index is 2800. The quantitative estimate of drug-likeness (QED) is 0.185. The molecule has 0 radical (unpaired) electrons. The standard InChI is InChI=1S/C45H27N3OS/c1-4-14-28(15-5-1)31-26-36(40-33-20-10-11-24-37(33)49-38(40)27-31)32-21-12-22-34-41-35(23-13-25-39(41)50-42(32)34)45-47-43(29-16-6-2-7-17-29)46-44(48-45)30-18-8-3-9-19-30/h1-27H. The van der Waals surface area contributed by atoms with Gasteiger partial charge in [0.25, 0.3) is 0 Å². The summed E-state index contributed by atoms with van der Waals surface area (Å²) in [7, 11) is 0. The molecule has 0 spiro atoms. The summed E-state index contributed by atoms with van der Waals surface area (Å²) in [5.74, 6) is 1.96. The average Bonchev–Trinajstić information content (AvgIpc) is 3.77. The molecular formula is C45H27N3OS. The van der Waals surface area contributed by atoms with E-state index in [9.17, 15) is 0 Å². The molecule has 4 nitrogen and oxygen atoms in total. The number of fused-ring (bicyclic) bond motifs is 6. The largest absolute Gasteiger partial charge is 0.456 e. The van der Waals surface area contributed by atoms with Gasteiger partial charge in [0.2, 0.25) is 0 Å². The molecule has 7 aromatic carbocycles. The molecule has 10 rings (SSSR count). The second-order valence-electron chi connectivity index (χ2n) is 12.4. The Morgan fingerprint density at radius 3 is 1.68 bits per heavy atom. The third-order valence-corrected chi connectivity index (χ3v) is 10.5. The SMILES string of the molecule is c1ccc(-c2cc(-c3cccc4c3sc3cccc(-c5nc(-c6ccccc6)nc(-c6ccccc6)n5)c34)c3c(c2)oc2ccccc23)cc1. The fourth-order valence-electron chi connectivity index (χ4n) is 7.04. The molecule has 0 unspecified atom stereocenters. The maximum atomic E-state index is 6.50. The summed E-state index contributed by atoms with van der Waals surface area (Å²) in [6.07, 6.45) is 0. The van der Waals surface area contributed by atoms with Gasteiger partial charge in [-0.3, -0.25) is 0 Å². The van der Waals surface area contributed by atoms with Crippen LogP contribution in [0, 0.1) is 0 Å². The second kappa shape index (κ2) is 11.6. The highest BCUT2D eigenvalue weighted by Gasteiger charge is 2.21. The van der Waals surface area contributed by atoms with Gasteiger partial charge in [0.05, 0.1) is 0 Å². The average molecular weight is 658 g/mol. The van der Waals surface area contributed by atoms with Gasteiger partial charge in [-0.2, -0.15) is 0 Å². The van der Waals surface area contributed by atoms with E-state index in [1.165, 1.54) is 20.3 Å². The van der Waals surface area contributed by atoms with Crippen molar-refractivity contribution >= 4 is 53.4 Å². The summed E-state index contributed by atoms with van der Waals surface area (Å²) in [6.45, 7) is 0. The fraction of sp³-hybridized carbons (Fsp3) is 0. The maximum absolute atomic E-state index is 6.50. The number of furan rings is 1. The summed E-state index contributed by atoms with van der Waals surface area (Å²) >= 11 is 1.81. The van der Waals surface area contributed by atoms with Crippen molar-refractivity contribution in [1.29, 1.82) is 0 Å². The Morgan fingerprint density at radius 2 is 0.960 bits per heavy atom. The molecule has 50 heavy (non-hydrogen) atoms. The molecule has 0 N–H and O–H groups in total. The topological polar surface area (TPSA) is 51.8 Å². The zero-order valence-electron chi connectivity index (χ0n) is 26.7. The van der Waals surface area contributed by atoms with Gasteiger partial charge in [-0.05, 0) is 41.0 Å². The molecule has 0 aliphatic rings. The number of rotatable bonds is 5. The van der Waals surface area contributed by atoms with E-state index in [0.29, 0.717) is 17.5 Å². The lowest BCUT2D eigenvalue weighted by molar-refractivity contribution is 0.669. The number of hydrogen-bond donors (Lipinski definition) is 0. The Labute approximate surface area is 292 Å². The van der Waals surface area contributed by atoms with Crippen LogP contribution in [0.2, 0.25) is 0 Å². The van der Waals surface area contributed by atoms with E-state index in [2.05, 4.69) is 97.1 Å². The lowest BCUT2D eigenvalue weighted by Crippen LogP contribution is -2.00. The lowest BCUT2D eigenvalue weighted by atomic mass is 9.93. The third-order valence-electron chi connectivity index (χ3n) is 9.34. The van der Waals surface area contributed by atoms with Gasteiger partial charge in [0.15, 0.2) is 17.5 Å². The van der Waals surface area contributed by atoms with Crippen molar-refractivity contribution in [3.8, 4) is 56.4 Å². The molecule has 0 bridgehead atoms. The molecule has 0 saturated carbocycles. The molecule has 0 atom stereocenters. The zero-order chi connectivity index (χ0) is 33.0. The Hall–Kier alpha value is -6.43. The van der Waals surface area contributed by atoms with Crippen LogP contribution in [0.15, 0.2) is 168 Å².